The van der Waals surface area contributed by atoms with E-state index in [4.69, 9.17) is 4.74 Å². The van der Waals surface area contributed by atoms with E-state index in [9.17, 15) is 5.11 Å². The van der Waals surface area contributed by atoms with Crippen LogP contribution in [-0.2, 0) is 6.61 Å². The van der Waals surface area contributed by atoms with Crippen molar-refractivity contribution in [2.24, 2.45) is 0 Å². The van der Waals surface area contributed by atoms with E-state index in [2.05, 4.69) is 4.98 Å². The fourth-order valence-corrected chi connectivity index (χ4v) is 2.26. The van der Waals surface area contributed by atoms with Crippen LogP contribution in [0, 0.1) is 0 Å². The number of aromatic nitrogens is 1. The van der Waals surface area contributed by atoms with Crippen LogP contribution in [0.4, 0.5) is 0 Å². The minimum atomic E-state index is -0.0554. The third-order valence-electron chi connectivity index (χ3n) is 3.59. The molecule has 0 amide bonds. The average molecular weight is 255 g/mol. The van der Waals surface area contributed by atoms with Gasteiger partial charge >= 0.3 is 0 Å². The molecule has 3 nitrogen and oxygen atoms in total. The van der Waals surface area contributed by atoms with Gasteiger partial charge in [0.25, 0.3) is 0 Å². The predicted octanol–water partition coefficient (Wildman–Crippen LogP) is 3.17. The summed E-state index contributed by atoms with van der Waals surface area (Å²) in [6.07, 6.45) is 5.40. The second kappa shape index (κ2) is 5.41. The topological polar surface area (TPSA) is 42.4 Å². The Bertz CT molecular complexity index is 550. The van der Waals surface area contributed by atoms with Crippen LogP contribution in [0.15, 0.2) is 42.6 Å². The number of benzene rings is 1. The molecule has 19 heavy (non-hydrogen) atoms. The van der Waals surface area contributed by atoms with Crippen molar-refractivity contribution in [2.75, 3.05) is 0 Å². The maximum Gasteiger partial charge on any atom is 0.219 e. The van der Waals surface area contributed by atoms with Crippen molar-refractivity contribution in [1.29, 1.82) is 0 Å². The van der Waals surface area contributed by atoms with Crippen molar-refractivity contribution in [1.82, 2.24) is 4.98 Å². The van der Waals surface area contributed by atoms with Gasteiger partial charge in [-0.2, -0.15) is 0 Å². The second-order valence-corrected chi connectivity index (χ2v) is 4.84. The van der Waals surface area contributed by atoms with Crippen LogP contribution in [0.3, 0.4) is 0 Å². The normalized spacial score (nSPS) is 15.0. The summed E-state index contributed by atoms with van der Waals surface area (Å²) in [6.45, 7) is -0.0554. The molecule has 0 spiro atoms. The first-order valence-corrected chi connectivity index (χ1v) is 6.69. The number of aliphatic hydroxyl groups excluding tert-OH is 1. The first-order chi connectivity index (χ1) is 9.38. The molecule has 2 aromatic rings. The Morgan fingerprint density at radius 1 is 1.16 bits per heavy atom. The van der Waals surface area contributed by atoms with E-state index in [1.165, 1.54) is 6.42 Å². The largest absolute Gasteiger partial charge is 0.474 e. The van der Waals surface area contributed by atoms with Crippen molar-refractivity contribution >= 4 is 0 Å². The van der Waals surface area contributed by atoms with Crippen LogP contribution in [0.1, 0.15) is 24.8 Å². The maximum absolute atomic E-state index is 9.64. The van der Waals surface area contributed by atoms with Crippen molar-refractivity contribution in [3.8, 4) is 17.0 Å². The van der Waals surface area contributed by atoms with Gasteiger partial charge in [0.1, 0.15) is 6.10 Å². The van der Waals surface area contributed by atoms with E-state index in [1.54, 1.807) is 6.20 Å². The van der Waals surface area contributed by atoms with E-state index in [1.807, 2.05) is 36.4 Å². The molecule has 1 saturated carbocycles. The lowest BCUT2D eigenvalue weighted by Gasteiger charge is -2.27. The lowest BCUT2D eigenvalue weighted by molar-refractivity contribution is 0.111. The fourth-order valence-electron chi connectivity index (χ4n) is 2.26. The highest BCUT2D eigenvalue weighted by Gasteiger charge is 2.22. The molecule has 98 valence electrons. The Balaban J connectivity index is 1.97. The van der Waals surface area contributed by atoms with E-state index in [0.717, 1.165) is 29.5 Å². The zero-order valence-electron chi connectivity index (χ0n) is 10.7. The molecule has 0 atom stereocenters. The van der Waals surface area contributed by atoms with Crippen LogP contribution < -0.4 is 4.74 Å². The quantitative estimate of drug-likeness (QED) is 0.912. The van der Waals surface area contributed by atoms with Gasteiger partial charge in [0.05, 0.1) is 6.61 Å². The monoisotopic (exact) mass is 255 g/mol. The minimum Gasteiger partial charge on any atom is -0.474 e. The Hall–Kier alpha value is -1.87. The van der Waals surface area contributed by atoms with Crippen molar-refractivity contribution in [2.45, 2.75) is 32.0 Å². The highest BCUT2D eigenvalue weighted by molar-refractivity contribution is 5.68. The summed E-state index contributed by atoms with van der Waals surface area (Å²) in [5.74, 6) is 0.577. The van der Waals surface area contributed by atoms with Crippen molar-refractivity contribution < 1.29 is 9.84 Å². The molecule has 0 unspecified atom stereocenters. The molecule has 1 fully saturated rings. The first-order valence-electron chi connectivity index (χ1n) is 6.69. The smallest absolute Gasteiger partial charge is 0.219 e. The van der Waals surface area contributed by atoms with E-state index in [0.29, 0.717) is 5.88 Å². The zero-order chi connectivity index (χ0) is 13.1. The minimum absolute atomic E-state index is 0.0554. The van der Waals surface area contributed by atoms with Crippen molar-refractivity contribution in [3.05, 3.63) is 48.2 Å². The van der Waals surface area contributed by atoms with Gasteiger partial charge < -0.3 is 9.84 Å². The molecule has 0 saturated heterocycles. The van der Waals surface area contributed by atoms with Crippen LogP contribution >= 0.6 is 0 Å². The third-order valence-corrected chi connectivity index (χ3v) is 3.59. The molecule has 0 aliphatic heterocycles. The molecule has 0 bridgehead atoms. The van der Waals surface area contributed by atoms with Gasteiger partial charge in [-0.15, -0.1) is 0 Å². The highest BCUT2D eigenvalue weighted by Crippen LogP contribution is 2.32. The van der Waals surface area contributed by atoms with Crippen LogP contribution in [0.25, 0.3) is 11.1 Å². The van der Waals surface area contributed by atoms with Crippen LogP contribution in [-0.4, -0.2) is 16.2 Å². The van der Waals surface area contributed by atoms with Gasteiger partial charge in [-0.25, -0.2) is 4.98 Å². The van der Waals surface area contributed by atoms with E-state index in [-0.39, 0.29) is 12.7 Å². The molecule has 1 N–H and O–H groups in total. The second-order valence-electron chi connectivity index (χ2n) is 4.84. The summed E-state index contributed by atoms with van der Waals surface area (Å²) in [5.41, 5.74) is 2.85. The highest BCUT2D eigenvalue weighted by atomic mass is 16.5. The zero-order valence-corrected chi connectivity index (χ0v) is 10.7. The summed E-state index contributed by atoms with van der Waals surface area (Å²) in [6, 6.07) is 11.9. The molecule has 1 aliphatic rings. The van der Waals surface area contributed by atoms with Gasteiger partial charge in [0, 0.05) is 11.8 Å². The van der Waals surface area contributed by atoms with Gasteiger partial charge in [-0.05, 0) is 36.5 Å². The van der Waals surface area contributed by atoms with Gasteiger partial charge in [-0.3, -0.25) is 0 Å². The van der Waals surface area contributed by atoms with Gasteiger partial charge in [-0.1, -0.05) is 30.3 Å². The third kappa shape index (κ3) is 2.47. The first kappa shape index (κ1) is 12.2. The Morgan fingerprint density at radius 2 is 1.95 bits per heavy atom. The summed E-state index contributed by atoms with van der Waals surface area (Å²) in [4.78, 5) is 4.28. The summed E-state index contributed by atoms with van der Waals surface area (Å²) < 4.78 is 5.86. The number of nitrogens with zero attached hydrogens (tertiary/aromatic N) is 1. The molecule has 1 aromatic carbocycles. The van der Waals surface area contributed by atoms with E-state index >= 15 is 0 Å². The number of pyridine rings is 1. The Labute approximate surface area is 112 Å². The molecular weight excluding hydrogens is 238 g/mol. The molecule has 3 heteroatoms. The van der Waals surface area contributed by atoms with Crippen LogP contribution in [0.2, 0.25) is 0 Å². The standard InChI is InChI=1S/C16H17NO2/c18-11-15-14(12-5-2-1-3-6-12)9-10-17-16(15)19-13-7-4-8-13/h1-3,5-6,9-10,13,18H,4,7-8,11H2. The summed E-state index contributed by atoms with van der Waals surface area (Å²) in [5, 5.41) is 9.64. The number of aliphatic hydroxyl groups is 1. The number of ether oxygens (including phenoxy) is 1. The lowest BCUT2D eigenvalue weighted by Crippen LogP contribution is -2.25. The van der Waals surface area contributed by atoms with E-state index < -0.39 is 0 Å². The molecule has 3 rings (SSSR count). The SMILES string of the molecule is OCc1c(-c2ccccc2)ccnc1OC1CCC1. The average Bonchev–Trinajstić information content (AvgIpc) is 2.43. The number of rotatable bonds is 4. The number of hydrogen-bond acceptors (Lipinski definition) is 3. The Kier molecular flexibility index (Phi) is 3.47. The molecule has 0 radical (unpaired) electrons. The molecular formula is C16H17NO2. The Morgan fingerprint density at radius 3 is 2.58 bits per heavy atom. The van der Waals surface area contributed by atoms with Gasteiger partial charge in [0.2, 0.25) is 5.88 Å². The lowest BCUT2D eigenvalue weighted by atomic mass is 9.96. The molecule has 1 heterocycles. The van der Waals surface area contributed by atoms with Crippen molar-refractivity contribution in [3.63, 3.8) is 0 Å². The fraction of sp³-hybridized carbons (Fsp3) is 0.312. The molecule has 1 aromatic heterocycles. The van der Waals surface area contributed by atoms with Crippen LogP contribution in [0.5, 0.6) is 5.88 Å². The maximum atomic E-state index is 9.64. The predicted molar refractivity (Wildman–Crippen MR) is 73.9 cm³/mol. The molecule has 1 aliphatic carbocycles. The number of hydrogen-bond donors (Lipinski definition) is 1. The summed E-state index contributed by atoms with van der Waals surface area (Å²) in [7, 11) is 0. The van der Waals surface area contributed by atoms with Gasteiger partial charge in [0.15, 0.2) is 0 Å². The summed E-state index contributed by atoms with van der Waals surface area (Å²) >= 11 is 0.